The Kier molecular flexibility index (Phi) is 6.57. The van der Waals surface area contributed by atoms with Gasteiger partial charge < -0.3 is 24.4 Å². The van der Waals surface area contributed by atoms with Crippen LogP contribution in [0.1, 0.15) is 52.4 Å². The van der Waals surface area contributed by atoms with Gasteiger partial charge in [-0.2, -0.15) is 0 Å². The summed E-state index contributed by atoms with van der Waals surface area (Å²) in [6.07, 6.45) is 10.4. The van der Waals surface area contributed by atoms with E-state index in [0.29, 0.717) is 36.2 Å². The van der Waals surface area contributed by atoms with Crippen molar-refractivity contribution in [3.8, 4) is 0 Å². The molecule has 1 saturated heterocycles. The number of aliphatic carboxylic acids is 1. The lowest BCUT2D eigenvalue weighted by molar-refractivity contribution is -0.303. The molecular formula is C33H35F3N2O5. The molecule has 1 N–H and O–H groups in total. The Bertz CT molecular complexity index is 1500. The Balaban J connectivity index is 1.42. The molecule has 0 aromatic rings. The van der Waals surface area contributed by atoms with Crippen LogP contribution in [0.25, 0.3) is 0 Å². The predicted octanol–water partition coefficient (Wildman–Crippen LogP) is 5.71. The van der Waals surface area contributed by atoms with Crippen LogP contribution < -0.4 is 0 Å². The van der Waals surface area contributed by atoms with E-state index in [0.717, 1.165) is 48.9 Å². The second-order valence-corrected chi connectivity index (χ2v) is 12.8. The third-order valence-corrected chi connectivity index (χ3v) is 9.76. The first kappa shape index (κ1) is 28.3. The number of carbonyl (C=O) groups excluding carboxylic acids is 1. The van der Waals surface area contributed by atoms with Crippen molar-refractivity contribution in [3.63, 3.8) is 0 Å². The van der Waals surface area contributed by atoms with Gasteiger partial charge in [0.15, 0.2) is 0 Å². The van der Waals surface area contributed by atoms with E-state index in [2.05, 4.69) is 9.64 Å². The van der Waals surface area contributed by atoms with Gasteiger partial charge in [-0.25, -0.2) is 4.79 Å². The van der Waals surface area contributed by atoms with E-state index in [1.807, 2.05) is 19.9 Å². The van der Waals surface area contributed by atoms with Crippen LogP contribution in [0.4, 0.5) is 13.2 Å². The molecule has 0 aromatic carbocycles. The molecule has 228 valence electrons. The number of carboxylic acids is 1. The molecule has 4 atom stereocenters. The fourth-order valence-electron chi connectivity index (χ4n) is 8.12. The Morgan fingerprint density at radius 1 is 1.07 bits per heavy atom. The van der Waals surface area contributed by atoms with Gasteiger partial charge in [-0.1, -0.05) is 37.5 Å². The van der Waals surface area contributed by atoms with Gasteiger partial charge in [0.2, 0.25) is 5.91 Å². The van der Waals surface area contributed by atoms with Crippen LogP contribution >= 0.6 is 0 Å². The first-order chi connectivity index (χ1) is 20.5. The zero-order chi connectivity index (χ0) is 30.3. The maximum absolute atomic E-state index is 14.5. The number of carbonyl (C=O) groups is 2. The van der Waals surface area contributed by atoms with Crippen LogP contribution in [0, 0.1) is 11.3 Å². The first-order valence-electron chi connectivity index (χ1n) is 15.2. The number of carboxylic acid groups (broad SMARTS) is 1. The Labute approximate surface area is 248 Å². The van der Waals surface area contributed by atoms with Gasteiger partial charge in [0.1, 0.15) is 11.2 Å². The molecule has 43 heavy (non-hydrogen) atoms. The maximum Gasteiger partial charge on any atom is 0.573 e. The number of morpholine rings is 1. The number of fused-ring (bicyclic) bond motifs is 6. The number of hydrogen-bond acceptors (Lipinski definition) is 5. The lowest BCUT2D eigenvalue weighted by atomic mass is 9.78. The minimum Gasteiger partial charge on any atom is -0.478 e. The highest BCUT2D eigenvalue weighted by atomic mass is 19.4. The molecule has 1 saturated carbocycles. The highest BCUT2D eigenvalue weighted by Crippen LogP contribution is 2.61. The summed E-state index contributed by atoms with van der Waals surface area (Å²) in [7, 11) is 0. The second-order valence-electron chi connectivity index (χ2n) is 12.8. The molecule has 7 rings (SSSR count). The van der Waals surface area contributed by atoms with Crippen LogP contribution in [-0.4, -0.2) is 71.0 Å². The number of allylic oxidation sites excluding steroid dienone is 5. The number of amides is 1. The molecule has 4 aliphatic carbocycles. The largest absolute Gasteiger partial charge is 0.573 e. The lowest BCUT2D eigenvalue weighted by Crippen LogP contribution is -2.53. The Hall–Kier alpha value is -3.53. The molecule has 2 unspecified atom stereocenters. The average Bonchev–Trinajstić information content (AvgIpc) is 3.60. The molecule has 2 fully saturated rings. The number of nitrogens with zero attached hydrogens (tertiary/aromatic N) is 2. The van der Waals surface area contributed by atoms with E-state index < -0.39 is 23.8 Å². The van der Waals surface area contributed by atoms with Crippen molar-refractivity contribution in [1.29, 1.82) is 0 Å². The van der Waals surface area contributed by atoms with Gasteiger partial charge >= 0.3 is 12.3 Å². The molecule has 7 nitrogen and oxygen atoms in total. The summed E-state index contributed by atoms with van der Waals surface area (Å²) >= 11 is 0. The standard InChI is InChI=1S/C33H35F3N2O5/c1-18-15-37(16-19(2)42-18)31(41)32-14-24(32)28-23(9-6-10-26(28)43-33(34,35)36)29-27(20-7-4-3-5-8-20)22-12-11-21(30(39)40)13-25(22)38(29)17-32/h6,10-14,18-20,25H,3-5,7-9,15-17H2,1-2H3,(H,39,40)/t18-,19+,25?,32?. The highest BCUT2D eigenvalue weighted by molar-refractivity contribution is 5.98. The zero-order valence-corrected chi connectivity index (χ0v) is 24.2. The van der Waals surface area contributed by atoms with Crippen molar-refractivity contribution in [3.05, 3.63) is 81.4 Å². The summed E-state index contributed by atoms with van der Waals surface area (Å²) in [6, 6.07) is -0.435. The minimum absolute atomic E-state index is 0.160. The number of hydrogen-bond donors (Lipinski definition) is 1. The number of ether oxygens (including phenoxy) is 2. The molecule has 10 heteroatoms. The molecular weight excluding hydrogens is 561 g/mol. The monoisotopic (exact) mass is 596 g/mol. The van der Waals surface area contributed by atoms with Crippen LogP contribution in [0.5, 0.6) is 0 Å². The molecule has 3 aliphatic heterocycles. The molecule has 7 aliphatic rings. The van der Waals surface area contributed by atoms with E-state index in [9.17, 15) is 27.9 Å². The van der Waals surface area contributed by atoms with Crippen molar-refractivity contribution in [2.45, 2.75) is 77.0 Å². The van der Waals surface area contributed by atoms with Gasteiger partial charge in [-0.15, -0.1) is 13.2 Å². The van der Waals surface area contributed by atoms with Gasteiger partial charge in [0.05, 0.1) is 23.8 Å². The van der Waals surface area contributed by atoms with Gasteiger partial charge in [0.25, 0.3) is 0 Å². The Morgan fingerprint density at radius 2 is 1.79 bits per heavy atom. The van der Waals surface area contributed by atoms with Crippen LogP contribution in [-0.2, 0) is 19.1 Å². The fourth-order valence-corrected chi connectivity index (χ4v) is 8.12. The zero-order valence-electron chi connectivity index (χ0n) is 24.2. The molecule has 0 spiro atoms. The molecule has 0 bridgehead atoms. The molecule has 0 radical (unpaired) electrons. The first-order valence-corrected chi connectivity index (χ1v) is 15.2. The third kappa shape index (κ3) is 4.69. The predicted molar refractivity (Wildman–Crippen MR) is 151 cm³/mol. The topological polar surface area (TPSA) is 79.3 Å². The summed E-state index contributed by atoms with van der Waals surface area (Å²) in [5.74, 6) is -1.31. The van der Waals surface area contributed by atoms with Crippen molar-refractivity contribution < 1.29 is 37.3 Å². The molecule has 1 amide bonds. The van der Waals surface area contributed by atoms with Crippen LogP contribution in [0.15, 0.2) is 81.4 Å². The van der Waals surface area contributed by atoms with E-state index in [1.54, 1.807) is 29.2 Å². The van der Waals surface area contributed by atoms with Crippen molar-refractivity contribution >= 4 is 11.9 Å². The summed E-state index contributed by atoms with van der Waals surface area (Å²) < 4.78 is 51.8. The van der Waals surface area contributed by atoms with Crippen molar-refractivity contribution in [1.82, 2.24) is 9.80 Å². The maximum atomic E-state index is 14.5. The SMILES string of the molecule is C[C@@H]1CN(C(=O)C23C=C2C2=C(OC(F)(F)F)C=CCC2=C2C(C4CCCCC4)=C4C=CC(C(=O)O)=CC4N2C3)C[C@H](C)O1. The number of alkyl halides is 3. The summed E-state index contributed by atoms with van der Waals surface area (Å²) in [5, 5.41) is 9.88. The summed E-state index contributed by atoms with van der Waals surface area (Å²) in [4.78, 5) is 30.4. The van der Waals surface area contributed by atoms with E-state index in [4.69, 9.17) is 4.74 Å². The fraction of sp³-hybridized carbons (Fsp3) is 0.515. The summed E-state index contributed by atoms with van der Waals surface area (Å²) in [5.41, 5.74) is 3.52. The van der Waals surface area contributed by atoms with Crippen LogP contribution in [0.2, 0.25) is 0 Å². The normalized spacial score (nSPS) is 32.1. The third-order valence-electron chi connectivity index (χ3n) is 9.76. The van der Waals surface area contributed by atoms with Gasteiger partial charge in [-0.05, 0) is 79.5 Å². The average molecular weight is 597 g/mol. The smallest absolute Gasteiger partial charge is 0.478 e. The van der Waals surface area contributed by atoms with Gasteiger partial charge in [-0.3, -0.25) is 4.79 Å². The highest BCUT2D eigenvalue weighted by Gasteiger charge is 2.61. The number of rotatable bonds is 4. The van der Waals surface area contributed by atoms with E-state index >= 15 is 0 Å². The van der Waals surface area contributed by atoms with Crippen LogP contribution in [0.3, 0.4) is 0 Å². The molecule has 3 heterocycles. The van der Waals surface area contributed by atoms with Crippen molar-refractivity contribution in [2.24, 2.45) is 11.3 Å². The quantitative estimate of drug-likeness (QED) is 0.448. The summed E-state index contributed by atoms with van der Waals surface area (Å²) in [6.45, 7) is 4.79. The molecule has 0 aromatic heterocycles. The van der Waals surface area contributed by atoms with E-state index in [-0.39, 0.29) is 41.9 Å². The second kappa shape index (κ2) is 10.0. The minimum atomic E-state index is -4.90. The number of halogens is 3. The van der Waals surface area contributed by atoms with Crippen molar-refractivity contribution in [2.75, 3.05) is 19.6 Å². The Morgan fingerprint density at radius 3 is 2.47 bits per heavy atom. The lowest BCUT2D eigenvalue weighted by Gasteiger charge is -2.39. The van der Waals surface area contributed by atoms with E-state index in [1.165, 1.54) is 6.08 Å². The van der Waals surface area contributed by atoms with Gasteiger partial charge in [0, 0.05) is 30.9 Å².